The largest absolute Gasteiger partial charge is 0.398 e. The Kier molecular flexibility index (Phi) is 2.32. The van der Waals surface area contributed by atoms with Gasteiger partial charge in [-0.2, -0.15) is 5.10 Å². The van der Waals surface area contributed by atoms with E-state index in [0.717, 1.165) is 4.57 Å². The third-order valence-corrected chi connectivity index (χ3v) is 2.29. The number of nitrogens with zero attached hydrogens (tertiary/aromatic N) is 2. The first-order chi connectivity index (χ1) is 7.61. The summed E-state index contributed by atoms with van der Waals surface area (Å²) in [4.78, 5) is 22.9. The fourth-order valence-electron chi connectivity index (χ4n) is 1.37. The third-order valence-electron chi connectivity index (χ3n) is 2.29. The van der Waals surface area contributed by atoms with Gasteiger partial charge in [0.15, 0.2) is 5.69 Å². The second kappa shape index (κ2) is 3.65. The Morgan fingerprint density at radius 1 is 1.31 bits per heavy atom. The minimum Gasteiger partial charge on any atom is -0.398 e. The number of anilines is 1. The Morgan fingerprint density at radius 3 is 2.69 bits per heavy atom. The molecule has 6 nitrogen and oxygen atoms in total. The first-order valence-electron chi connectivity index (χ1n) is 4.62. The predicted octanol–water partition coefficient (Wildman–Crippen LogP) is -0.282. The van der Waals surface area contributed by atoms with Crippen LogP contribution in [0.5, 0.6) is 0 Å². The molecule has 0 aliphatic heterocycles. The van der Waals surface area contributed by atoms with Gasteiger partial charge in [0.25, 0.3) is 5.56 Å². The van der Waals surface area contributed by atoms with E-state index in [1.54, 1.807) is 24.3 Å². The van der Waals surface area contributed by atoms with Crippen LogP contribution in [0.2, 0.25) is 0 Å². The minimum absolute atomic E-state index is 0.139. The molecule has 0 radical (unpaired) electrons. The summed E-state index contributed by atoms with van der Waals surface area (Å²) in [7, 11) is 1.38. The van der Waals surface area contributed by atoms with E-state index in [1.807, 2.05) is 0 Å². The summed E-state index contributed by atoms with van der Waals surface area (Å²) < 4.78 is 0.953. The molecule has 0 aliphatic carbocycles. The van der Waals surface area contributed by atoms with Crippen LogP contribution in [-0.4, -0.2) is 14.8 Å². The molecule has 0 saturated carbocycles. The molecule has 82 valence electrons. The minimum atomic E-state index is -0.553. The quantitative estimate of drug-likeness (QED) is 0.643. The lowest BCUT2D eigenvalue weighted by molar-refractivity contribution is 0.732. The summed E-state index contributed by atoms with van der Waals surface area (Å²) in [6, 6.07) is 6.85. The topological polar surface area (TPSA) is 93.8 Å². The zero-order valence-electron chi connectivity index (χ0n) is 8.60. The van der Waals surface area contributed by atoms with Crippen molar-refractivity contribution in [2.75, 3.05) is 5.73 Å². The van der Waals surface area contributed by atoms with E-state index < -0.39 is 11.2 Å². The summed E-state index contributed by atoms with van der Waals surface area (Å²) in [6.45, 7) is 0. The maximum atomic E-state index is 11.8. The molecule has 1 heterocycles. The molecule has 1 aromatic heterocycles. The highest BCUT2D eigenvalue weighted by Gasteiger charge is 2.10. The Morgan fingerprint density at radius 2 is 2.00 bits per heavy atom. The van der Waals surface area contributed by atoms with Crippen LogP contribution < -0.4 is 17.0 Å². The fourth-order valence-corrected chi connectivity index (χ4v) is 1.37. The van der Waals surface area contributed by atoms with E-state index in [1.165, 1.54) is 7.05 Å². The van der Waals surface area contributed by atoms with Crippen molar-refractivity contribution in [1.82, 2.24) is 14.8 Å². The maximum absolute atomic E-state index is 11.8. The third kappa shape index (κ3) is 1.50. The number of rotatable bonds is 1. The van der Waals surface area contributed by atoms with Crippen molar-refractivity contribution in [2.45, 2.75) is 0 Å². The summed E-state index contributed by atoms with van der Waals surface area (Å²) >= 11 is 0. The first kappa shape index (κ1) is 10.2. The van der Waals surface area contributed by atoms with Crippen LogP contribution in [0.25, 0.3) is 11.3 Å². The van der Waals surface area contributed by atoms with E-state index in [2.05, 4.69) is 10.2 Å². The van der Waals surface area contributed by atoms with Crippen LogP contribution in [0.15, 0.2) is 33.9 Å². The lowest BCUT2D eigenvalue weighted by atomic mass is 10.1. The predicted molar refractivity (Wildman–Crippen MR) is 59.9 cm³/mol. The number of benzene rings is 1. The molecule has 0 aliphatic rings. The smallest absolute Gasteiger partial charge is 0.344 e. The van der Waals surface area contributed by atoms with E-state index >= 15 is 0 Å². The SMILES string of the molecule is Cn1c(=O)[nH]nc(-c2ccccc2N)c1=O. The van der Waals surface area contributed by atoms with Crippen LogP contribution in [0.4, 0.5) is 5.69 Å². The number of hydrogen-bond acceptors (Lipinski definition) is 4. The van der Waals surface area contributed by atoms with Crippen molar-refractivity contribution < 1.29 is 0 Å². The number of H-pyrrole nitrogens is 1. The number of para-hydroxylation sites is 1. The van der Waals surface area contributed by atoms with Crippen molar-refractivity contribution in [3.8, 4) is 11.3 Å². The molecule has 0 unspecified atom stereocenters. The monoisotopic (exact) mass is 218 g/mol. The molecule has 1 aromatic carbocycles. The van der Waals surface area contributed by atoms with Gasteiger partial charge in [0.2, 0.25) is 0 Å². The second-order valence-corrected chi connectivity index (χ2v) is 3.33. The van der Waals surface area contributed by atoms with Gasteiger partial charge >= 0.3 is 5.69 Å². The van der Waals surface area contributed by atoms with Gasteiger partial charge in [-0.1, -0.05) is 18.2 Å². The number of aromatic amines is 1. The maximum Gasteiger partial charge on any atom is 0.344 e. The molecule has 0 spiro atoms. The Hall–Kier alpha value is -2.37. The van der Waals surface area contributed by atoms with Crippen molar-refractivity contribution in [2.24, 2.45) is 7.05 Å². The average molecular weight is 218 g/mol. The lowest BCUT2D eigenvalue weighted by Crippen LogP contribution is -2.34. The summed E-state index contributed by atoms with van der Waals surface area (Å²) in [5, 5.41) is 5.96. The molecule has 0 saturated heterocycles. The van der Waals surface area contributed by atoms with Crippen molar-refractivity contribution in [3.05, 3.63) is 45.1 Å². The zero-order valence-corrected chi connectivity index (χ0v) is 8.60. The summed E-state index contributed by atoms with van der Waals surface area (Å²) in [5.74, 6) is 0. The molecule has 3 N–H and O–H groups in total. The molecular weight excluding hydrogens is 208 g/mol. The zero-order chi connectivity index (χ0) is 11.7. The van der Waals surface area contributed by atoms with E-state index in [4.69, 9.17) is 5.73 Å². The van der Waals surface area contributed by atoms with Crippen LogP contribution in [-0.2, 0) is 7.05 Å². The Labute approximate surface area is 90.4 Å². The molecule has 6 heteroatoms. The van der Waals surface area contributed by atoms with Gasteiger partial charge in [-0.05, 0) is 6.07 Å². The van der Waals surface area contributed by atoms with Crippen molar-refractivity contribution in [1.29, 1.82) is 0 Å². The van der Waals surface area contributed by atoms with Gasteiger partial charge < -0.3 is 5.73 Å². The molecule has 0 fully saturated rings. The van der Waals surface area contributed by atoms with Gasteiger partial charge in [-0.15, -0.1) is 0 Å². The number of hydrogen-bond donors (Lipinski definition) is 2. The van der Waals surface area contributed by atoms with Crippen LogP contribution in [0.1, 0.15) is 0 Å². The number of nitrogen functional groups attached to an aromatic ring is 1. The van der Waals surface area contributed by atoms with Gasteiger partial charge in [0, 0.05) is 18.3 Å². The highest BCUT2D eigenvalue weighted by molar-refractivity contribution is 5.72. The van der Waals surface area contributed by atoms with Gasteiger partial charge in [-0.3, -0.25) is 9.36 Å². The molecule has 2 aromatic rings. The Balaban J connectivity index is 2.77. The van der Waals surface area contributed by atoms with Gasteiger partial charge in [-0.25, -0.2) is 9.89 Å². The molecular formula is C10H10N4O2. The number of nitrogens with one attached hydrogen (secondary N) is 1. The van der Waals surface area contributed by atoms with Crippen LogP contribution >= 0.6 is 0 Å². The standard InChI is InChI=1S/C10H10N4O2/c1-14-9(15)8(12-13-10(14)16)6-4-2-3-5-7(6)11/h2-5H,11H2,1H3,(H,13,16). The average Bonchev–Trinajstić information content (AvgIpc) is 2.28. The summed E-state index contributed by atoms with van der Waals surface area (Å²) in [5.41, 5.74) is 5.80. The molecule has 16 heavy (non-hydrogen) atoms. The summed E-state index contributed by atoms with van der Waals surface area (Å²) in [6.07, 6.45) is 0. The van der Waals surface area contributed by atoms with Crippen LogP contribution in [0, 0.1) is 0 Å². The van der Waals surface area contributed by atoms with Crippen LogP contribution in [0.3, 0.4) is 0 Å². The van der Waals surface area contributed by atoms with E-state index in [0.29, 0.717) is 11.3 Å². The highest BCUT2D eigenvalue weighted by Crippen LogP contribution is 2.19. The first-order valence-corrected chi connectivity index (χ1v) is 4.62. The highest BCUT2D eigenvalue weighted by atomic mass is 16.2. The van der Waals surface area contributed by atoms with Gasteiger partial charge in [0.05, 0.1) is 0 Å². The van der Waals surface area contributed by atoms with E-state index in [9.17, 15) is 9.59 Å². The van der Waals surface area contributed by atoms with Gasteiger partial charge in [0.1, 0.15) is 0 Å². The van der Waals surface area contributed by atoms with Crippen molar-refractivity contribution >= 4 is 5.69 Å². The number of aromatic nitrogens is 3. The van der Waals surface area contributed by atoms with E-state index in [-0.39, 0.29) is 5.69 Å². The molecule has 2 rings (SSSR count). The van der Waals surface area contributed by atoms with Crippen molar-refractivity contribution in [3.63, 3.8) is 0 Å². The number of nitrogens with two attached hydrogens (primary N) is 1. The normalized spacial score (nSPS) is 10.3. The molecule has 0 atom stereocenters. The Bertz CT molecular complexity index is 642. The lowest BCUT2D eigenvalue weighted by Gasteiger charge is -2.04. The molecule has 0 bridgehead atoms. The fraction of sp³-hybridized carbons (Fsp3) is 0.100. The second-order valence-electron chi connectivity index (χ2n) is 3.33. The molecule has 0 amide bonds.